The Morgan fingerprint density at radius 1 is 1.43 bits per heavy atom. The number of H-pyrrole nitrogens is 1. The summed E-state index contributed by atoms with van der Waals surface area (Å²) in [7, 11) is 0. The SMILES string of the molecule is O=c1[nH]c(-c2ccc(F)c(Cl)c2)cs1. The second-order valence-electron chi connectivity index (χ2n) is 2.69. The lowest BCUT2D eigenvalue weighted by Gasteiger charge is -1.98. The smallest absolute Gasteiger partial charge is 0.304 e. The number of thiazole rings is 1. The van der Waals surface area contributed by atoms with Crippen molar-refractivity contribution in [2.75, 3.05) is 0 Å². The molecule has 2 aromatic rings. The van der Waals surface area contributed by atoms with Gasteiger partial charge >= 0.3 is 4.87 Å². The van der Waals surface area contributed by atoms with E-state index >= 15 is 0 Å². The molecule has 1 aromatic heterocycles. The summed E-state index contributed by atoms with van der Waals surface area (Å²) in [5, 5.41) is 1.72. The number of nitrogens with one attached hydrogen (secondary N) is 1. The van der Waals surface area contributed by atoms with Crippen molar-refractivity contribution in [1.82, 2.24) is 4.98 Å². The summed E-state index contributed by atoms with van der Waals surface area (Å²) >= 11 is 6.67. The Labute approximate surface area is 88.0 Å². The fourth-order valence-electron chi connectivity index (χ4n) is 1.09. The van der Waals surface area contributed by atoms with Gasteiger partial charge in [-0.05, 0) is 18.2 Å². The highest BCUT2D eigenvalue weighted by Gasteiger charge is 2.04. The highest BCUT2D eigenvalue weighted by atomic mass is 35.5. The van der Waals surface area contributed by atoms with Crippen molar-refractivity contribution in [3.63, 3.8) is 0 Å². The largest absolute Gasteiger partial charge is 0.312 e. The van der Waals surface area contributed by atoms with Gasteiger partial charge in [-0.2, -0.15) is 0 Å². The molecule has 14 heavy (non-hydrogen) atoms. The summed E-state index contributed by atoms with van der Waals surface area (Å²) in [5.74, 6) is -0.465. The van der Waals surface area contributed by atoms with Crippen molar-refractivity contribution in [3.8, 4) is 11.3 Å². The lowest BCUT2D eigenvalue weighted by molar-refractivity contribution is 0.628. The van der Waals surface area contributed by atoms with Gasteiger partial charge in [0.1, 0.15) is 5.82 Å². The van der Waals surface area contributed by atoms with E-state index in [2.05, 4.69) is 4.98 Å². The van der Waals surface area contributed by atoms with Crippen molar-refractivity contribution in [2.45, 2.75) is 0 Å². The minimum Gasteiger partial charge on any atom is -0.312 e. The number of aromatic amines is 1. The molecule has 0 bridgehead atoms. The predicted octanol–water partition coefficient (Wildman–Crippen LogP) is 2.90. The zero-order chi connectivity index (χ0) is 10.1. The van der Waals surface area contributed by atoms with E-state index in [1.807, 2.05) is 0 Å². The molecule has 1 heterocycles. The first-order valence-electron chi connectivity index (χ1n) is 3.80. The van der Waals surface area contributed by atoms with E-state index in [1.165, 1.54) is 12.1 Å². The van der Waals surface area contributed by atoms with Crippen molar-refractivity contribution < 1.29 is 4.39 Å². The molecule has 0 aliphatic heterocycles. The van der Waals surface area contributed by atoms with Gasteiger partial charge < -0.3 is 4.98 Å². The summed E-state index contributed by atoms with van der Waals surface area (Å²) in [6, 6.07) is 4.32. The number of hydrogen-bond donors (Lipinski definition) is 1. The highest BCUT2D eigenvalue weighted by molar-refractivity contribution is 7.07. The Morgan fingerprint density at radius 2 is 2.21 bits per heavy atom. The van der Waals surface area contributed by atoms with Gasteiger partial charge in [0.05, 0.1) is 10.7 Å². The number of rotatable bonds is 1. The van der Waals surface area contributed by atoms with Crippen molar-refractivity contribution in [3.05, 3.63) is 44.1 Å². The van der Waals surface area contributed by atoms with Gasteiger partial charge in [-0.3, -0.25) is 4.79 Å². The van der Waals surface area contributed by atoms with Crippen LogP contribution in [0, 0.1) is 5.82 Å². The van der Waals surface area contributed by atoms with Crippen LogP contribution in [0.2, 0.25) is 5.02 Å². The Kier molecular flexibility index (Phi) is 2.39. The van der Waals surface area contributed by atoms with Crippen LogP contribution in [-0.4, -0.2) is 4.98 Å². The van der Waals surface area contributed by atoms with Gasteiger partial charge in [-0.1, -0.05) is 22.9 Å². The predicted molar refractivity (Wildman–Crippen MR) is 55.3 cm³/mol. The van der Waals surface area contributed by atoms with Crippen molar-refractivity contribution in [2.24, 2.45) is 0 Å². The maximum Gasteiger partial charge on any atom is 0.304 e. The molecule has 0 aliphatic carbocycles. The zero-order valence-electron chi connectivity index (χ0n) is 6.88. The molecular weight excluding hydrogens is 225 g/mol. The quantitative estimate of drug-likeness (QED) is 0.801. The molecule has 0 fully saturated rings. The van der Waals surface area contributed by atoms with Crippen LogP contribution < -0.4 is 4.87 Å². The van der Waals surface area contributed by atoms with Crippen molar-refractivity contribution in [1.29, 1.82) is 0 Å². The van der Waals surface area contributed by atoms with Gasteiger partial charge in [-0.15, -0.1) is 0 Å². The summed E-state index contributed by atoms with van der Waals surface area (Å²) in [6.07, 6.45) is 0. The van der Waals surface area contributed by atoms with Crippen LogP contribution in [0.5, 0.6) is 0 Å². The number of hydrogen-bond acceptors (Lipinski definition) is 2. The molecule has 2 rings (SSSR count). The summed E-state index contributed by atoms with van der Waals surface area (Å²) in [6.45, 7) is 0. The lowest BCUT2D eigenvalue weighted by atomic mass is 10.2. The normalized spacial score (nSPS) is 10.4. The Morgan fingerprint density at radius 3 is 2.79 bits per heavy atom. The van der Waals surface area contributed by atoms with Crippen molar-refractivity contribution >= 4 is 22.9 Å². The number of benzene rings is 1. The molecule has 5 heteroatoms. The Hall–Kier alpha value is -1.13. The zero-order valence-corrected chi connectivity index (χ0v) is 8.45. The third-order valence-electron chi connectivity index (χ3n) is 1.75. The van der Waals surface area contributed by atoms with E-state index in [9.17, 15) is 9.18 Å². The van der Waals surface area contributed by atoms with Gasteiger partial charge in [-0.25, -0.2) is 4.39 Å². The van der Waals surface area contributed by atoms with E-state index in [0.29, 0.717) is 11.3 Å². The van der Waals surface area contributed by atoms with E-state index in [1.54, 1.807) is 11.4 Å². The first-order chi connectivity index (χ1) is 6.66. The fourth-order valence-corrected chi connectivity index (χ4v) is 1.85. The van der Waals surface area contributed by atoms with Crippen LogP contribution in [0.25, 0.3) is 11.3 Å². The van der Waals surface area contributed by atoms with Crippen LogP contribution in [-0.2, 0) is 0 Å². The minimum atomic E-state index is -0.465. The Bertz CT molecular complexity index is 520. The average Bonchev–Trinajstić information content (AvgIpc) is 2.57. The molecule has 0 aliphatic rings. The number of halogens is 2. The van der Waals surface area contributed by atoms with Crippen LogP contribution in [0.4, 0.5) is 4.39 Å². The van der Waals surface area contributed by atoms with E-state index in [-0.39, 0.29) is 9.90 Å². The van der Waals surface area contributed by atoms with E-state index < -0.39 is 5.82 Å². The van der Waals surface area contributed by atoms with Gasteiger partial charge in [0.2, 0.25) is 0 Å². The van der Waals surface area contributed by atoms with Crippen LogP contribution in [0.3, 0.4) is 0 Å². The Balaban J connectivity index is 2.52. The molecule has 2 nitrogen and oxygen atoms in total. The highest BCUT2D eigenvalue weighted by Crippen LogP contribution is 2.23. The van der Waals surface area contributed by atoms with Crippen LogP contribution >= 0.6 is 22.9 Å². The molecule has 0 amide bonds. The third-order valence-corrected chi connectivity index (χ3v) is 2.71. The van der Waals surface area contributed by atoms with Gasteiger partial charge in [0, 0.05) is 10.9 Å². The third kappa shape index (κ3) is 1.71. The van der Waals surface area contributed by atoms with Crippen LogP contribution in [0.1, 0.15) is 0 Å². The lowest BCUT2D eigenvalue weighted by Crippen LogP contribution is -1.92. The summed E-state index contributed by atoms with van der Waals surface area (Å²) in [5.41, 5.74) is 1.36. The fraction of sp³-hybridized carbons (Fsp3) is 0. The molecule has 0 unspecified atom stereocenters. The maximum absolute atomic E-state index is 12.8. The van der Waals surface area contributed by atoms with Crippen LogP contribution in [0.15, 0.2) is 28.4 Å². The summed E-state index contributed by atoms with van der Waals surface area (Å²) < 4.78 is 12.8. The molecule has 0 saturated heterocycles. The molecule has 1 aromatic carbocycles. The molecule has 0 radical (unpaired) electrons. The second kappa shape index (κ2) is 3.55. The maximum atomic E-state index is 12.8. The first-order valence-corrected chi connectivity index (χ1v) is 5.06. The monoisotopic (exact) mass is 229 g/mol. The van der Waals surface area contributed by atoms with Gasteiger partial charge in [0.15, 0.2) is 0 Å². The molecule has 72 valence electrons. The van der Waals surface area contributed by atoms with E-state index in [4.69, 9.17) is 11.6 Å². The molecule has 0 saturated carbocycles. The second-order valence-corrected chi connectivity index (χ2v) is 3.94. The first kappa shape index (κ1) is 9.43. The molecular formula is C9H5ClFNOS. The van der Waals surface area contributed by atoms with Gasteiger partial charge in [0.25, 0.3) is 0 Å². The summed E-state index contributed by atoms with van der Waals surface area (Å²) in [4.78, 5) is 13.4. The molecule has 1 N–H and O–H groups in total. The van der Waals surface area contributed by atoms with E-state index in [0.717, 1.165) is 11.3 Å². The average molecular weight is 230 g/mol. The standard InChI is InChI=1S/C9H5ClFNOS/c10-6-3-5(1-2-7(6)11)8-4-14-9(13)12-8/h1-4H,(H,12,13). The number of aromatic nitrogens is 1. The molecule has 0 atom stereocenters. The molecule has 0 spiro atoms. The minimum absolute atomic E-state index is 0.0505. The topological polar surface area (TPSA) is 32.9 Å².